The lowest BCUT2D eigenvalue weighted by Gasteiger charge is -2.35. The van der Waals surface area contributed by atoms with E-state index in [0.717, 1.165) is 12.1 Å². The van der Waals surface area contributed by atoms with Gasteiger partial charge in [-0.2, -0.15) is 13.2 Å². The van der Waals surface area contributed by atoms with Crippen LogP contribution < -0.4 is 10.2 Å². The molecule has 1 N–H and O–H groups in total. The molecule has 1 aromatic heterocycles. The Morgan fingerprint density at radius 1 is 0.970 bits per heavy atom. The van der Waals surface area contributed by atoms with Gasteiger partial charge in [-0.3, -0.25) is 0 Å². The highest BCUT2D eigenvalue weighted by molar-refractivity contribution is 5.89. The number of anilines is 2. The van der Waals surface area contributed by atoms with Gasteiger partial charge in [-0.05, 0) is 31.2 Å². The molecule has 0 bridgehead atoms. The Morgan fingerprint density at radius 3 is 2.39 bits per heavy atom. The minimum atomic E-state index is -4.46. The highest BCUT2D eigenvalue weighted by Crippen LogP contribution is 2.32. The molecule has 0 aliphatic carbocycles. The number of urea groups is 1. The van der Waals surface area contributed by atoms with Crippen molar-refractivity contribution in [3.63, 3.8) is 0 Å². The molecular formula is C23H21F4N5O. The van der Waals surface area contributed by atoms with E-state index in [1.165, 1.54) is 18.2 Å². The minimum absolute atomic E-state index is 0.113. The normalized spacial score (nSPS) is 14.3. The first-order valence-electron chi connectivity index (χ1n) is 10.3. The summed E-state index contributed by atoms with van der Waals surface area (Å²) >= 11 is 0. The Kier molecular flexibility index (Phi) is 6.17. The molecule has 1 fully saturated rings. The molecule has 0 radical (unpaired) electrons. The third kappa shape index (κ3) is 5.21. The van der Waals surface area contributed by atoms with Crippen LogP contribution in [0.4, 0.5) is 33.9 Å². The fourth-order valence-electron chi connectivity index (χ4n) is 3.57. The summed E-state index contributed by atoms with van der Waals surface area (Å²) in [6.45, 7) is 3.43. The highest BCUT2D eigenvalue weighted by atomic mass is 19.4. The number of carbonyl (C=O) groups excluding carboxylic acids is 1. The number of para-hydroxylation sites is 1. The molecule has 10 heteroatoms. The second-order valence-corrected chi connectivity index (χ2v) is 7.65. The van der Waals surface area contributed by atoms with Crippen LogP contribution in [0.3, 0.4) is 0 Å². The van der Waals surface area contributed by atoms with E-state index in [0.29, 0.717) is 37.7 Å². The van der Waals surface area contributed by atoms with Gasteiger partial charge in [0.05, 0.1) is 11.3 Å². The van der Waals surface area contributed by atoms with Crippen LogP contribution in [0.2, 0.25) is 0 Å². The zero-order chi connectivity index (χ0) is 23.6. The molecule has 1 aliphatic heterocycles. The summed E-state index contributed by atoms with van der Waals surface area (Å²) in [5.41, 5.74) is 0.244. The fraction of sp³-hybridized carbons (Fsp3) is 0.261. The molecule has 6 nitrogen and oxygen atoms in total. The van der Waals surface area contributed by atoms with Crippen molar-refractivity contribution in [2.75, 3.05) is 36.4 Å². The number of benzene rings is 2. The third-order valence-electron chi connectivity index (χ3n) is 5.30. The zero-order valence-corrected chi connectivity index (χ0v) is 17.7. The van der Waals surface area contributed by atoms with Crippen molar-refractivity contribution in [1.82, 2.24) is 14.9 Å². The SMILES string of the molecule is Cc1cc(N2CCN(C(=O)Nc3ccccc3F)CC2)nc(-c2cccc(C(F)(F)F)c2)n1. The van der Waals surface area contributed by atoms with Crippen molar-refractivity contribution >= 4 is 17.5 Å². The molecule has 1 saturated heterocycles. The quantitative estimate of drug-likeness (QED) is 0.563. The van der Waals surface area contributed by atoms with Crippen LogP contribution in [-0.4, -0.2) is 47.1 Å². The first kappa shape index (κ1) is 22.5. The predicted molar refractivity (Wildman–Crippen MR) is 116 cm³/mol. The molecule has 0 unspecified atom stereocenters. The van der Waals surface area contributed by atoms with Gasteiger partial charge in [-0.25, -0.2) is 19.2 Å². The fourth-order valence-corrected chi connectivity index (χ4v) is 3.57. The zero-order valence-electron chi connectivity index (χ0n) is 17.7. The summed E-state index contributed by atoms with van der Waals surface area (Å²) in [5.74, 6) is 0.267. The van der Waals surface area contributed by atoms with Crippen LogP contribution in [0, 0.1) is 12.7 Å². The summed E-state index contributed by atoms with van der Waals surface area (Å²) in [7, 11) is 0. The lowest BCUT2D eigenvalue weighted by molar-refractivity contribution is -0.137. The number of alkyl halides is 3. The molecule has 2 amide bonds. The largest absolute Gasteiger partial charge is 0.416 e. The van der Waals surface area contributed by atoms with Gasteiger partial charge in [-0.15, -0.1) is 0 Å². The average molecular weight is 459 g/mol. The molecule has 3 aromatic rings. The van der Waals surface area contributed by atoms with Crippen LogP contribution in [-0.2, 0) is 6.18 Å². The highest BCUT2D eigenvalue weighted by Gasteiger charge is 2.31. The number of nitrogens with zero attached hydrogens (tertiary/aromatic N) is 4. The van der Waals surface area contributed by atoms with Gasteiger partial charge >= 0.3 is 12.2 Å². The van der Waals surface area contributed by atoms with Gasteiger partial charge in [0, 0.05) is 43.5 Å². The lowest BCUT2D eigenvalue weighted by atomic mass is 10.1. The van der Waals surface area contributed by atoms with Crippen molar-refractivity contribution in [2.24, 2.45) is 0 Å². The maximum absolute atomic E-state index is 13.8. The van der Waals surface area contributed by atoms with Crippen LogP contribution in [0.5, 0.6) is 0 Å². The monoisotopic (exact) mass is 459 g/mol. The van der Waals surface area contributed by atoms with Crippen molar-refractivity contribution in [2.45, 2.75) is 13.1 Å². The third-order valence-corrected chi connectivity index (χ3v) is 5.30. The molecule has 2 aromatic carbocycles. The number of halogens is 4. The maximum atomic E-state index is 13.8. The number of piperazine rings is 1. The first-order valence-corrected chi connectivity index (χ1v) is 10.3. The number of hydrogen-bond donors (Lipinski definition) is 1. The topological polar surface area (TPSA) is 61.4 Å². The van der Waals surface area contributed by atoms with Gasteiger partial charge in [0.1, 0.15) is 11.6 Å². The van der Waals surface area contributed by atoms with Gasteiger partial charge in [0.25, 0.3) is 0 Å². The minimum Gasteiger partial charge on any atom is -0.353 e. The van der Waals surface area contributed by atoms with Crippen LogP contribution >= 0.6 is 0 Å². The van der Waals surface area contributed by atoms with E-state index in [1.807, 2.05) is 4.90 Å². The molecule has 33 heavy (non-hydrogen) atoms. The van der Waals surface area contributed by atoms with E-state index in [9.17, 15) is 22.4 Å². The van der Waals surface area contributed by atoms with E-state index in [1.54, 1.807) is 36.1 Å². The lowest BCUT2D eigenvalue weighted by Crippen LogP contribution is -2.50. The summed E-state index contributed by atoms with van der Waals surface area (Å²) in [6, 6.07) is 12.2. The van der Waals surface area contributed by atoms with E-state index in [4.69, 9.17) is 0 Å². The van der Waals surface area contributed by atoms with Gasteiger partial charge in [0.2, 0.25) is 0 Å². The van der Waals surface area contributed by atoms with Crippen molar-refractivity contribution in [3.8, 4) is 11.4 Å². The predicted octanol–water partition coefficient (Wildman–Crippen LogP) is 4.96. The van der Waals surface area contributed by atoms with Crippen LogP contribution in [0.25, 0.3) is 11.4 Å². The number of carbonyl (C=O) groups is 1. The first-order chi connectivity index (χ1) is 15.7. The Morgan fingerprint density at radius 2 is 1.70 bits per heavy atom. The summed E-state index contributed by atoms with van der Waals surface area (Å²) in [4.78, 5) is 24.8. The van der Waals surface area contributed by atoms with E-state index in [2.05, 4.69) is 15.3 Å². The second kappa shape index (κ2) is 9.05. The number of rotatable bonds is 3. The van der Waals surface area contributed by atoms with Crippen molar-refractivity contribution in [1.29, 1.82) is 0 Å². The molecule has 0 spiro atoms. The number of amides is 2. The number of aryl methyl sites for hydroxylation is 1. The van der Waals surface area contributed by atoms with Gasteiger partial charge in [0.15, 0.2) is 5.82 Å². The molecule has 4 rings (SSSR count). The number of aromatic nitrogens is 2. The van der Waals surface area contributed by atoms with Crippen LogP contribution in [0.1, 0.15) is 11.3 Å². The Balaban J connectivity index is 1.46. The average Bonchev–Trinajstić information content (AvgIpc) is 2.80. The molecule has 2 heterocycles. The Bertz CT molecular complexity index is 1160. The van der Waals surface area contributed by atoms with Crippen LogP contribution in [0.15, 0.2) is 54.6 Å². The van der Waals surface area contributed by atoms with Gasteiger partial charge in [-0.1, -0.05) is 24.3 Å². The maximum Gasteiger partial charge on any atom is 0.416 e. The number of hydrogen-bond acceptors (Lipinski definition) is 4. The summed E-state index contributed by atoms with van der Waals surface area (Å²) in [6.07, 6.45) is -4.46. The number of nitrogens with one attached hydrogen (secondary N) is 1. The van der Waals surface area contributed by atoms with E-state index < -0.39 is 23.6 Å². The molecular weight excluding hydrogens is 438 g/mol. The standard InChI is InChI=1S/C23H21F4N5O/c1-15-13-20(30-21(28-15)16-5-4-6-17(14-16)23(25,26)27)31-9-11-32(12-10-31)22(33)29-19-8-3-2-7-18(19)24/h2-8,13-14H,9-12H2,1H3,(H,29,33). The summed E-state index contributed by atoms with van der Waals surface area (Å²) in [5, 5.41) is 2.57. The van der Waals surface area contributed by atoms with Gasteiger partial charge < -0.3 is 15.1 Å². The molecule has 1 aliphatic rings. The molecule has 172 valence electrons. The summed E-state index contributed by atoms with van der Waals surface area (Å²) < 4.78 is 53.1. The van der Waals surface area contributed by atoms with E-state index >= 15 is 0 Å². The Hall–Kier alpha value is -3.69. The molecule has 0 atom stereocenters. The van der Waals surface area contributed by atoms with Crippen molar-refractivity contribution in [3.05, 3.63) is 71.7 Å². The Labute approximate surface area is 187 Å². The molecule has 0 saturated carbocycles. The second-order valence-electron chi connectivity index (χ2n) is 7.65. The van der Waals surface area contributed by atoms with E-state index in [-0.39, 0.29) is 17.1 Å². The smallest absolute Gasteiger partial charge is 0.353 e. The van der Waals surface area contributed by atoms with Crippen molar-refractivity contribution < 1.29 is 22.4 Å².